The molecule has 2 unspecified atom stereocenters. The van der Waals surface area contributed by atoms with Crippen molar-refractivity contribution in [3.8, 4) is 16.9 Å². The molecular formula is C31H29ClN6O2. The maximum atomic E-state index is 12.8. The second-order valence-electron chi connectivity index (χ2n) is 9.94. The maximum Gasteiger partial charge on any atom is 0.410 e. The predicted molar refractivity (Wildman–Crippen MR) is 158 cm³/mol. The Morgan fingerprint density at radius 2 is 1.73 bits per heavy atom. The van der Waals surface area contributed by atoms with Gasteiger partial charge in [-0.15, -0.1) is 0 Å². The molecule has 40 heavy (non-hydrogen) atoms. The standard InChI is InChI=1S/C31H29ClN6O2/c32-27-16-34-30(35-23-15-22(33)17-37(18-23)31(39)40-20-21-9-3-1-4-10-21)36-29(27)26-19-38(24-11-5-2-6-12-24)28-14-8-7-13-25(26)28/h1-14,16,19,22-23H,15,17-18,20,33H2,(H,34,35,36). The van der Waals surface area contributed by atoms with Crippen LogP contribution in [0.3, 0.4) is 0 Å². The van der Waals surface area contributed by atoms with E-state index >= 15 is 0 Å². The first kappa shape index (κ1) is 25.9. The Bertz CT molecular complexity index is 1630. The van der Waals surface area contributed by atoms with Gasteiger partial charge in [-0.05, 0) is 30.2 Å². The van der Waals surface area contributed by atoms with Crippen LogP contribution in [0.15, 0.2) is 97.3 Å². The summed E-state index contributed by atoms with van der Waals surface area (Å²) >= 11 is 6.65. The molecule has 202 valence electrons. The molecule has 0 spiro atoms. The second-order valence-corrected chi connectivity index (χ2v) is 10.3. The SMILES string of the molecule is NC1CC(Nc2ncc(Cl)c(-c3cn(-c4ccccc4)c4ccccc34)n2)CN(C(=O)OCc2ccccc2)C1. The Labute approximate surface area is 237 Å². The molecule has 3 heterocycles. The Balaban J connectivity index is 1.23. The van der Waals surface area contributed by atoms with Crippen LogP contribution < -0.4 is 11.1 Å². The van der Waals surface area contributed by atoms with Gasteiger partial charge in [-0.1, -0.05) is 78.3 Å². The molecular weight excluding hydrogens is 524 g/mol. The first-order valence-corrected chi connectivity index (χ1v) is 13.6. The Morgan fingerprint density at radius 3 is 2.52 bits per heavy atom. The lowest BCUT2D eigenvalue weighted by Crippen LogP contribution is -2.53. The van der Waals surface area contributed by atoms with Crippen molar-refractivity contribution >= 4 is 34.5 Å². The third-order valence-corrected chi connectivity index (χ3v) is 7.30. The van der Waals surface area contributed by atoms with Crippen molar-refractivity contribution in [1.29, 1.82) is 0 Å². The van der Waals surface area contributed by atoms with Crippen molar-refractivity contribution in [2.75, 3.05) is 18.4 Å². The summed E-state index contributed by atoms with van der Waals surface area (Å²) in [5.74, 6) is 0.424. The molecule has 3 N–H and O–H groups in total. The molecule has 2 atom stereocenters. The number of hydrogen-bond acceptors (Lipinski definition) is 6. The van der Waals surface area contributed by atoms with Crippen LogP contribution >= 0.6 is 11.6 Å². The number of para-hydroxylation sites is 2. The highest BCUT2D eigenvalue weighted by Crippen LogP contribution is 2.35. The second kappa shape index (κ2) is 11.4. The van der Waals surface area contributed by atoms with Gasteiger partial charge in [-0.25, -0.2) is 14.8 Å². The molecule has 0 bridgehead atoms. The quantitative estimate of drug-likeness (QED) is 0.272. The minimum absolute atomic E-state index is 0.146. The van der Waals surface area contributed by atoms with Crippen molar-refractivity contribution < 1.29 is 9.53 Å². The van der Waals surface area contributed by atoms with Gasteiger partial charge in [-0.3, -0.25) is 0 Å². The highest BCUT2D eigenvalue weighted by atomic mass is 35.5. The number of carbonyl (C=O) groups excluding carboxylic acids is 1. The molecule has 1 fully saturated rings. The number of nitrogens with one attached hydrogen (secondary N) is 1. The van der Waals surface area contributed by atoms with Crippen LogP contribution in [-0.2, 0) is 11.3 Å². The number of piperidine rings is 1. The molecule has 0 saturated carbocycles. The molecule has 5 aromatic rings. The average Bonchev–Trinajstić information content (AvgIpc) is 3.37. The highest BCUT2D eigenvalue weighted by molar-refractivity contribution is 6.33. The number of ether oxygens (including phenoxy) is 1. The van der Waals surface area contributed by atoms with E-state index in [1.165, 1.54) is 0 Å². The zero-order valence-electron chi connectivity index (χ0n) is 21.8. The number of benzene rings is 3. The summed E-state index contributed by atoms with van der Waals surface area (Å²) in [6, 6.07) is 27.6. The van der Waals surface area contributed by atoms with Crippen LogP contribution in [0.4, 0.5) is 10.7 Å². The van der Waals surface area contributed by atoms with E-state index in [9.17, 15) is 4.79 Å². The van der Waals surface area contributed by atoms with Crippen LogP contribution in [0.1, 0.15) is 12.0 Å². The number of aromatic nitrogens is 3. The zero-order valence-corrected chi connectivity index (χ0v) is 22.5. The molecule has 9 heteroatoms. The molecule has 0 radical (unpaired) electrons. The smallest absolute Gasteiger partial charge is 0.410 e. The summed E-state index contributed by atoms with van der Waals surface area (Å²) in [7, 11) is 0. The minimum atomic E-state index is -0.391. The zero-order chi connectivity index (χ0) is 27.5. The summed E-state index contributed by atoms with van der Waals surface area (Å²) in [6.07, 6.45) is 3.93. The summed E-state index contributed by atoms with van der Waals surface area (Å²) in [6.45, 7) is 1.07. The van der Waals surface area contributed by atoms with E-state index in [0.29, 0.717) is 36.2 Å². The van der Waals surface area contributed by atoms with Gasteiger partial charge >= 0.3 is 6.09 Å². The van der Waals surface area contributed by atoms with Crippen LogP contribution in [0, 0.1) is 0 Å². The van der Waals surface area contributed by atoms with E-state index in [-0.39, 0.29) is 18.7 Å². The van der Waals surface area contributed by atoms with Gasteiger partial charge in [0.25, 0.3) is 0 Å². The monoisotopic (exact) mass is 552 g/mol. The van der Waals surface area contributed by atoms with E-state index in [1.807, 2.05) is 60.7 Å². The fourth-order valence-electron chi connectivity index (χ4n) is 5.18. The van der Waals surface area contributed by atoms with Gasteiger partial charge in [0.2, 0.25) is 5.95 Å². The van der Waals surface area contributed by atoms with Gasteiger partial charge in [0.1, 0.15) is 6.61 Å². The predicted octanol–water partition coefficient (Wildman–Crippen LogP) is 5.89. The van der Waals surface area contributed by atoms with E-state index in [1.54, 1.807) is 11.1 Å². The molecule has 3 aromatic carbocycles. The molecule has 2 aromatic heterocycles. The Hall–Kier alpha value is -4.40. The first-order valence-electron chi connectivity index (χ1n) is 13.2. The number of nitrogens with zero attached hydrogens (tertiary/aromatic N) is 4. The lowest BCUT2D eigenvalue weighted by atomic mass is 10.0. The van der Waals surface area contributed by atoms with E-state index in [4.69, 9.17) is 27.1 Å². The number of halogens is 1. The van der Waals surface area contributed by atoms with Crippen LogP contribution in [0.25, 0.3) is 27.8 Å². The Morgan fingerprint density at radius 1 is 1.00 bits per heavy atom. The maximum absolute atomic E-state index is 12.8. The lowest BCUT2D eigenvalue weighted by Gasteiger charge is -2.35. The molecule has 6 rings (SSSR count). The summed E-state index contributed by atoms with van der Waals surface area (Å²) in [5.41, 5.74) is 10.9. The summed E-state index contributed by atoms with van der Waals surface area (Å²) in [4.78, 5) is 23.7. The number of nitrogens with two attached hydrogens (primary N) is 1. The minimum Gasteiger partial charge on any atom is -0.445 e. The lowest BCUT2D eigenvalue weighted by molar-refractivity contribution is 0.0839. The van der Waals surface area contributed by atoms with E-state index in [0.717, 1.165) is 27.7 Å². The van der Waals surface area contributed by atoms with Gasteiger partial charge < -0.3 is 25.3 Å². The van der Waals surface area contributed by atoms with Gasteiger partial charge in [0.05, 0.1) is 22.4 Å². The normalized spacial score (nSPS) is 17.1. The summed E-state index contributed by atoms with van der Waals surface area (Å²) in [5, 5.41) is 4.86. The Kier molecular flexibility index (Phi) is 7.35. The molecule has 1 aliphatic heterocycles. The van der Waals surface area contributed by atoms with Crippen molar-refractivity contribution in [2.45, 2.75) is 25.1 Å². The fourth-order valence-corrected chi connectivity index (χ4v) is 5.37. The molecule has 1 aliphatic rings. The van der Waals surface area contributed by atoms with Crippen molar-refractivity contribution in [3.05, 3.63) is 108 Å². The van der Waals surface area contributed by atoms with Crippen molar-refractivity contribution in [1.82, 2.24) is 19.4 Å². The molecule has 1 amide bonds. The molecule has 1 saturated heterocycles. The topological polar surface area (TPSA) is 98.3 Å². The average molecular weight is 553 g/mol. The van der Waals surface area contributed by atoms with Crippen LogP contribution in [-0.4, -0.2) is 50.7 Å². The van der Waals surface area contributed by atoms with Gasteiger partial charge in [0, 0.05) is 48.0 Å². The van der Waals surface area contributed by atoms with E-state index < -0.39 is 6.09 Å². The molecule has 8 nitrogen and oxygen atoms in total. The first-order chi connectivity index (χ1) is 19.5. The molecule has 0 aliphatic carbocycles. The number of anilines is 1. The largest absolute Gasteiger partial charge is 0.445 e. The van der Waals surface area contributed by atoms with Crippen LogP contribution in [0.5, 0.6) is 0 Å². The summed E-state index contributed by atoms with van der Waals surface area (Å²) < 4.78 is 7.67. The third kappa shape index (κ3) is 5.50. The van der Waals surface area contributed by atoms with Crippen molar-refractivity contribution in [3.63, 3.8) is 0 Å². The highest BCUT2D eigenvalue weighted by Gasteiger charge is 2.30. The number of carbonyl (C=O) groups is 1. The van der Waals surface area contributed by atoms with Crippen LogP contribution in [0.2, 0.25) is 5.02 Å². The number of amides is 1. The van der Waals surface area contributed by atoms with Gasteiger partial charge in [0.15, 0.2) is 0 Å². The third-order valence-electron chi connectivity index (χ3n) is 7.03. The van der Waals surface area contributed by atoms with Crippen molar-refractivity contribution in [2.24, 2.45) is 5.73 Å². The fraction of sp³-hybridized carbons (Fsp3) is 0.194. The number of likely N-dealkylation sites (tertiary alicyclic amines) is 1. The number of rotatable bonds is 6. The van der Waals surface area contributed by atoms with E-state index in [2.05, 4.69) is 45.3 Å². The van der Waals surface area contributed by atoms with Gasteiger partial charge in [-0.2, -0.15) is 0 Å². The number of hydrogen-bond donors (Lipinski definition) is 2. The number of fused-ring (bicyclic) bond motifs is 1.